The lowest BCUT2D eigenvalue weighted by molar-refractivity contribution is 0.112. The zero-order valence-corrected chi connectivity index (χ0v) is 10.7. The first-order chi connectivity index (χ1) is 7.26. The van der Waals surface area contributed by atoms with Crippen molar-refractivity contribution >= 4 is 65.1 Å². The molecule has 0 bridgehead atoms. The van der Waals surface area contributed by atoms with Crippen LogP contribution in [0.1, 0.15) is 9.67 Å². The summed E-state index contributed by atoms with van der Waals surface area (Å²) in [6, 6.07) is 8.34. The number of fused-ring (bicyclic) bond motifs is 2. The van der Waals surface area contributed by atoms with Gasteiger partial charge in [0, 0.05) is 9.40 Å². The van der Waals surface area contributed by atoms with Gasteiger partial charge in [0.05, 0.1) is 8.66 Å². The van der Waals surface area contributed by atoms with Crippen LogP contribution in [0.25, 0.3) is 20.2 Å². The van der Waals surface area contributed by atoms with E-state index in [9.17, 15) is 4.79 Å². The molecule has 0 atom stereocenters. The predicted octanol–water partition coefficient (Wildman–Crippen LogP) is 4.69. The van der Waals surface area contributed by atoms with Gasteiger partial charge in [-0.05, 0) is 51.0 Å². The van der Waals surface area contributed by atoms with Crippen LogP contribution in [0.3, 0.4) is 0 Å². The van der Waals surface area contributed by atoms with Crippen molar-refractivity contribution in [3.63, 3.8) is 0 Å². The van der Waals surface area contributed by atoms with Gasteiger partial charge in [-0.15, -0.1) is 22.7 Å². The number of hydrogen-bond acceptors (Lipinski definition) is 3. The molecule has 15 heavy (non-hydrogen) atoms. The first-order valence-corrected chi connectivity index (χ1v) is 6.77. The molecule has 0 aliphatic rings. The highest BCUT2D eigenvalue weighted by Crippen LogP contribution is 2.35. The van der Waals surface area contributed by atoms with E-state index in [0.717, 1.165) is 20.3 Å². The van der Waals surface area contributed by atoms with Crippen molar-refractivity contribution in [2.45, 2.75) is 0 Å². The third kappa shape index (κ3) is 1.53. The van der Waals surface area contributed by atoms with E-state index in [1.807, 2.05) is 6.07 Å². The van der Waals surface area contributed by atoms with Crippen molar-refractivity contribution in [2.75, 3.05) is 0 Å². The summed E-state index contributed by atoms with van der Waals surface area (Å²) in [6.45, 7) is 0. The molecule has 74 valence electrons. The molecular weight excluding hydrogens is 292 g/mol. The molecule has 1 aromatic carbocycles. The summed E-state index contributed by atoms with van der Waals surface area (Å²) in [5, 5.41) is 2.38. The highest BCUT2D eigenvalue weighted by atomic mass is 79.9. The number of carbonyl (C=O) groups excluding carboxylic acids is 1. The first kappa shape index (κ1) is 9.51. The van der Waals surface area contributed by atoms with E-state index in [-0.39, 0.29) is 0 Å². The molecule has 0 N–H and O–H groups in total. The Kier molecular flexibility index (Phi) is 2.16. The Morgan fingerprint density at radius 3 is 2.53 bits per heavy atom. The molecule has 0 saturated carbocycles. The fourth-order valence-corrected chi connectivity index (χ4v) is 4.18. The van der Waals surface area contributed by atoms with E-state index in [4.69, 9.17) is 0 Å². The molecule has 0 amide bonds. The van der Waals surface area contributed by atoms with Crippen LogP contribution in [0.4, 0.5) is 0 Å². The molecule has 3 aromatic rings. The Bertz CT molecular complexity index is 615. The standard InChI is InChI=1S/C11H5BrOS2/c12-11-3-7-1-6-2-8(5-13)14-9(6)4-10(7)15-11/h1-5H. The van der Waals surface area contributed by atoms with E-state index in [1.165, 1.54) is 14.8 Å². The van der Waals surface area contributed by atoms with Crippen LogP contribution in [0.2, 0.25) is 0 Å². The summed E-state index contributed by atoms with van der Waals surface area (Å²) in [5.74, 6) is 0. The van der Waals surface area contributed by atoms with Gasteiger partial charge in [-0.25, -0.2) is 0 Å². The van der Waals surface area contributed by atoms with Crippen molar-refractivity contribution in [3.8, 4) is 0 Å². The third-order valence-electron chi connectivity index (χ3n) is 2.26. The van der Waals surface area contributed by atoms with Gasteiger partial charge in [0.2, 0.25) is 0 Å². The molecule has 0 radical (unpaired) electrons. The fourth-order valence-electron chi connectivity index (χ4n) is 1.62. The van der Waals surface area contributed by atoms with E-state index in [0.29, 0.717) is 0 Å². The lowest BCUT2D eigenvalue weighted by atomic mass is 10.2. The van der Waals surface area contributed by atoms with E-state index >= 15 is 0 Å². The average molecular weight is 297 g/mol. The number of hydrogen-bond donors (Lipinski definition) is 0. The van der Waals surface area contributed by atoms with Gasteiger partial charge in [0.1, 0.15) is 0 Å². The topological polar surface area (TPSA) is 17.1 Å². The van der Waals surface area contributed by atoms with Crippen LogP contribution in [0, 0.1) is 0 Å². The van der Waals surface area contributed by atoms with E-state index < -0.39 is 0 Å². The second-order valence-electron chi connectivity index (χ2n) is 3.24. The molecule has 2 heterocycles. The van der Waals surface area contributed by atoms with Crippen molar-refractivity contribution in [1.82, 2.24) is 0 Å². The second kappa shape index (κ2) is 3.40. The Labute approximate surface area is 102 Å². The van der Waals surface area contributed by atoms with Crippen molar-refractivity contribution in [3.05, 3.63) is 32.9 Å². The average Bonchev–Trinajstić information content (AvgIpc) is 2.74. The molecule has 1 nitrogen and oxygen atoms in total. The van der Waals surface area contributed by atoms with Crippen LogP contribution in [0.5, 0.6) is 0 Å². The maximum atomic E-state index is 10.7. The smallest absolute Gasteiger partial charge is 0.160 e. The van der Waals surface area contributed by atoms with E-state index in [1.54, 1.807) is 22.7 Å². The molecule has 4 heteroatoms. The molecule has 0 fully saturated rings. The van der Waals surface area contributed by atoms with Crippen molar-refractivity contribution in [1.29, 1.82) is 0 Å². The molecule has 0 aliphatic heterocycles. The van der Waals surface area contributed by atoms with Crippen LogP contribution in [0.15, 0.2) is 28.1 Å². The molecular formula is C11H5BrOS2. The Morgan fingerprint density at radius 2 is 1.73 bits per heavy atom. The van der Waals surface area contributed by atoms with E-state index in [2.05, 4.69) is 34.1 Å². The number of rotatable bonds is 1. The number of aldehydes is 1. The van der Waals surface area contributed by atoms with Crippen molar-refractivity contribution in [2.24, 2.45) is 0 Å². The van der Waals surface area contributed by atoms with Crippen LogP contribution < -0.4 is 0 Å². The summed E-state index contributed by atoms with van der Waals surface area (Å²) >= 11 is 6.74. The van der Waals surface area contributed by atoms with Crippen LogP contribution in [-0.4, -0.2) is 6.29 Å². The SMILES string of the molecule is O=Cc1cc2cc3cc(Br)sc3cc2s1. The maximum absolute atomic E-state index is 10.7. The van der Waals surface area contributed by atoms with Gasteiger partial charge >= 0.3 is 0 Å². The second-order valence-corrected chi connectivity index (χ2v) is 6.82. The van der Waals surface area contributed by atoms with Gasteiger partial charge in [0.25, 0.3) is 0 Å². The van der Waals surface area contributed by atoms with Gasteiger partial charge < -0.3 is 0 Å². The minimum atomic E-state index is 0.793. The monoisotopic (exact) mass is 296 g/mol. The van der Waals surface area contributed by atoms with Gasteiger partial charge in [-0.3, -0.25) is 4.79 Å². The summed E-state index contributed by atoms with van der Waals surface area (Å²) in [7, 11) is 0. The number of carbonyl (C=O) groups is 1. The van der Waals surface area contributed by atoms with Crippen LogP contribution >= 0.6 is 38.6 Å². The number of thiophene rings is 2. The molecule has 0 spiro atoms. The summed E-state index contributed by atoms with van der Waals surface area (Å²) < 4.78 is 3.58. The zero-order valence-electron chi connectivity index (χ0n) is 7.49. The molecule has 3 rings (SSSR count). The van der Waals surface area contributed by atoms with Gasteiger partial charge in [-0.1, -0.05) is 0 Å². The largest absolute Gasteiger partial charge is 0.297 e. The van der Waals surface area contributed by atoms with Crippen molar-refractivity contribution < 1.29 is 4.79 Å². The lowest BCUT2D eigenvalue weighted by Gasteiger charge is -1.89. The summed E-state index contributed by atoms with van der Waals surface area (Å²) in [5.41, 5.74) is 0. The number of halogens is 1. The Hall–Kier alpha value is -0.710. The first-order valence-electron chi connectivity index (χ1n) is 4.34. The zero-order chi connectivity index (χ0) is 10.4. The predicted molar refractivity (Wildman–Crippen MR) is 70.3 cm³/mol. The fraction of sp³-hybridized carbons (Fsp3) is 0. The Balaban J connectivity index is 2.42. The number of benzene rings is 1. The summed E-state index contributed by atoms with van der Waals surface area (Å²) in [6.07, 6.45) is 0.911. The maximum Gasteiger partial charge on any atom is 0.160 e. The van der Waals surface area contributed by atoms with Gasteiger partial charge in [-0.2, -0.15) is 0 Å². The van der Waals surface area contributed by atoms with Crippen LogP contribution in [-0.2, 0) is 0 Å². The molecule has 2 aromatic heterocycles. The molecule has 0 unspecified atom stereocenters. The molecule has 0 aliphatic carbocycles. The Morgan fingerprint density at radius 1 is 1.00 bits per heavy atom. The molecule has 0 saturated heterocycles. The summed E-state index contributed by atoms with van der Waals surface area (Å²) in [4.78, 5) is 11.5. The minimum Gasteiger partial charge on any atom is -0.297 e. The third-order valence-corrected chi connectivity index (χ3v) is 4.88. The highest BCUT2D eigenvalue weighted by Gasteiger charge is 2.05. The normalized spacial score (nSPS) is 11.3. The highest BCUT2D eigenvalue weighted by molar-refractivity contribution is 9.11. The lowest BCUT2D eigenvalue weighted by Crippen LogP contribution is -1.64. The quantitative estimate of drug-likeness (QED) is 0.595. The minimum absolute atomic E-state index is 0.793. The van der Waals surface area contributed by atoms with Gasteiger partial charge in [0.15, 0.2) is 6.29 Å².